The summed E-state index contributed by atoms with van der Waals surface area (Å²) in [6, 6.07) is 9.97. The van der Waals surface area contributed by atoms with Crippen molar-refractivity contribution in [1.29, 1.82) is 0 Å². The van der Waals surface area contributed by atoms with Crippen LogP contribution in [0, 0.1) is 5.92 Å². The number of hydrogen-bond acceptors (Lipinski definition) is 6. The van der Waals surface area contributed by atoms with Crippen LogP contribution in [0.25, 0.3) is 0 Å². The van der Waals surface area contributed by atoms with Crippen molar-refractivity contribution in [3.05, 3.63) is 72.3 Å². The summed E-state index contributed by atoms with van der Waals surface area (Å²) in [7, 11) is 0. The van der Waals surface area contributed by atoms with Gasteiger partial charge in [0.1, 0.15) is 11.8 Å². The zero-order chi connectivity index (χ0) is 23.0. The third kappa shape index (κ3) is 6.24. The first-order valence-electron chi connectivity index (χ1n) is 11.5. The molecular formula is C25H30N4O4. The summed E-state index contributed by atoms with van der Waals surface area (Å²) in [6.45, 7) is 1.24. The Labute approximate surface area is 193 Å². The van der Waals surface area contributed by atoms with E-state index in [1.54, 1.807) is 12.2 Å². The summed E-state index contributed by atoms with van der Waals surface area (Å²) >= 11 is 0. The molecule has 2 aliphatic rings. The Morgan fingerprint density at radius 2 is 1.91 bits per heavy atom. The first-order chi connectivity index (χ1) is 16.1. The summed E-state index contributed by atoms with van der Waals surface area (Å²) < 4.78 is 5.91. The minimum atomic E-state index is -0.634. The Hall–Kier alpha value is -3.10. The van der Waals surface area contributed by atoms with E-state index in [0.29, 0.717) is 5.92 Å². The van der Waals surface area contributed by atoms with Crippen LogP contribution in [0.2, 0.25) is 0 Å². The van der Waals surface area contributed by atoms with E-state index in [9.17, 15) is 14.7 Å². The normalized spacial score (nSPS) is 23.3. The van der Waals surface area contributed by atoms with Crippen LogP contribution in [0.5, 0.6) is 0 Å². The fourth-order valence-corrected chi connectivity index (χ4v) is 4.41. The van der Waals surface area contributed by atoms with Crippen molar-refractivity contribution in [2.24, 2.45) is 5.92 Å². The Morgan fingerprint density at radius 1 is 1.12 bits per heavy atom. The van der Waals surface area contributed by atoms with Gasteiger partial charge in [0.25, 0.3) is 5.91 Å². The summed E-state index contributed by atoms with van der Waals surface area (Å²) in [5.41, 5.74) is 1.54. The lowest BCUT2D eigenvalue weighted by molar-refractivity contribution is -0.136. The van der Waals surface area contributed by atoms with Crippen LogP contribution in [-0.4, -0.2) is 69.7 Å². The number of rotatable bonds is 7. The van der Waals surface area contributed by atoms with Crippen LogP contribution in [0.1, 0.15) is 35.3 Å². The highest BCUT2D eigenvalue weighted by atomic mass is 16.5. The monoisotopic (exact) mass is 450 g/mol. The number of carbonyl (C=O) groups is 2. The average Bonchev–Trinajstić information content (AvgIpc) is 2.86. The molecule has 174 valence electrons. The van der Waals surface area contributed by atoms with E-state index in [1.807, 2.05) is 11.0 Å². The van der Waals surface area contributed by atoms with Gasteiger partial charge >= 0.3 is 0 Å². The number of carbonyl (C=O) groups excluding carboxylic acids is 2. The Morgan fingerprint density at radius 3 is 2.61 bits per heavy atom. The number of aliphatic hydroxyl groups is 1. The molecule has 1 aromatic carbocycles. The van der Waals surface area contributed by atoms with Crippen LogP contribution in [0.3, 0.4) is 0 Å². The predicted octanol–water partition coefficient (Wildman–Crippen LogP) is 1.76. The van der Waals surface area contributed by atoms with Crippen molar-refractivity contribution >= 4 is 11.8 Å². The molecule has 4 rings (SSSR count). The van der Waals surface area contributed by atoms with Gasteiger partial charge in [0.15, 0.2) is 0 Å². The molecule has 2 aliphatic heterocycles. The fraction of sp³-hybridized carbons (Fsp3) is 0.440. The number of nitrogens with one attached hydrogen (secondary N) is 1. The van der Waals surface area contributed by atoms with Crippen LogP contribution >= 0.6 is 0 Å². The minimum Gasteiger partial charge on any atom is -0.394 e. The van der Waals surface area contributed by atoms with Crippen molar-refractivity contribution in [1.82, 2.24) is 20.2 Å². The SMILES string of the molecule is O=C(N[C@@H]1C=C[C@@H](CC(=O)N2CCC(Cc3ccccc3)CC2)O[C@H]1CO)c1cnccn1. The van der Waals surface area contributed by atoms with Gasteiger partial charge in [-0.3, -0.25) is 14.6 Å². The zero-order valence-corrected chi connectivity index (χ0v) is 18.5. The molecule has 1 aromatic heterocycles. The molecule has 0 radical (unpaired) electrons. The molecule has 2 aromatic rings. The number of aliphatic hydroxyl groups excluding tert-OH is 1. The number of amides is 2. The van der Waals surface area contributed by atoms with Gasteiger partial charge in [-0.05, 0) is 30.7 Å². The van der Waals surface area contributed by atoms with Crippen LogP contribution in [-0.2, 0) is 16.0 Å². The van der Waals surface area contributed by atoms with E-state index < -0.39 is 24.2 Å². The number of piperidine rings is 1. The molecule has 0 aliphatic carbocycles. The van der Waals surface area contributed by atoms with E-state index in [-0.39, 0.29) is 24.6 Å². The average molecular weight is 451 g/mol. The van der Waals surface area contributed by atoms with Crippen LogP contribution in [0.4, 0.5) is 0 Å². The topological polar surface area (TPSA) is 105 Å². The van der Waals surface area contributed by atoms with Gasteiger partial charge in [-0.1, -0.05) is 42.5 Å². The van der Waals surface area contributed by atoms with Gasteiger partial charge < -0.3 is 20.1 Å². The van der Waals surface area contributed by atoms with Gasteiger partial charge in [0.2, 0.25) is 5.91 Å². The maximum absolute atomic E-state index is 12.8. The van der Waals surface area contributed by atoms with Crippen LogP contribution < -0.4 is 5.32 Å². The van der Waals surface area contributed by atoms with Gasteiger partial charge in [-0.2, -0.15) is 0 Å². The molecule has 2 amide bonds. The van der Waals surface area contributed by atoms with Crippen molar-refractivity contribution in [2.75, 3.05) is 19.7 Å². The van der Waals surface area contributed by atoms with Gasteiger partial charge in [0, 0.05) is 25.5 Å². The molecule has 0 spiro atoms. The molecule has 3 heterocycles. The first kappa shape index (κ1) is 23.1. The standard InChI is InChI=1S/C25H30N4O4/c30-17-23-21(28-25(32)22-16-26-10-11-27-22)7-6-20(33-23)15-24(31)29-12-8-19(9-13-29)14-18-4-2-1-3-5-18/h1-7,10-11,16,19-21,23,30H,8-9,12-15,17H2,(H,28,32)/t20-,21+,23-/m0/s1. The number of aromatic nitrogens is 2. The number of nitrogens with zero attached hydrogens (tertiary/aromatic N) is 3. The fourth-order valence-electron chi connectivity index (χ4n) is 4.41. The van der Waals surface area contributed by atoms with E-state index in [1.165, 1.54) is 24.2 Å². The summed E-state index contributed by atoms with van der Waals surface area (Å²) in [5, 5.41) is 12.6. The minimum absolute atomic E-state index is 0.0570. The predicted molar refractivity (Wildman–Crippen MR) is 122 cm³/mol. The molecule has 8 heteroatoms. The highest BCUT2D eigenvalue weighted by molar-refractivity contribution is 5.92. The maximum Gasteiger partial charge on any atom is 0.272 e. The third-order valence-electron chi connectivity index (χ3n) is 6.27. The lowest BCUT2D eigenvalue weighted by Gasteiger charge is -2.35. The highest BCUT2D eigenvalue weighted by Gasteiger charge is 2.31. The smallest absolute Gasteiger partial charge is 0.272 e. The van der Waals surface area contributed by atoms with E-state index in [0.717, 1.165) is 32.4 Å². The van der Waals surface area contributed by atoms with E-state index >= 15 is 0 Å². The van der Waals surface area contributed by atoms with Crippen LogP contribution in [0.15, 0.2) is 61.1 Å². The second-order valence-corrected chi connectivity index (χ2v) is 8.59. The van der Waals surface area contributed by atoms with Gasteiger partial charge in [-0.15, -0.1) is 0 Å². The lowest BCUT2D eigenvalue weighted by Crippen LogP contribution is -2.49. The maximum atomic E-state index is 12.8. The number of hydrogen-bond donors (Lipinski definition) is 2. The second kappa shape index (κ2) is 11.2. The Kier molecular flexibility index (Phi) is 7.80. The molecule has 0 unspecified atom stereocenters. The quantitative estimate of drug-likeness (QED) is 0.623. The number of benzene rings is 1. The largest absolute Gasteiger partial charge is 0.394 e. The highest BCUT2D eigenvalue weighted by Crippen LogP contribution is 2.23. The van der Waals surface area contributed by atoms with E-state index in [4.69, 9.17) is 4.74 Å². The first-order valence-corrected chi connectivity index (χ1v) is 11.5. The molecule has 0 bridgehead atoms. The summed E-state index contributed by atoms with van der Waals surface area (Å²) in [4.78, 5) is 34.9. The van der Waals surface area contributed by atoms with E-state index in [2.05, 4.69) is 39.6 Å². The van der Waals surface area contributed by atoms with Gasteiger partial charge in [0.05, 0.1) is 31.4 Å². The summed E-state index contributed by atoms with van der Waals surface area (Å²) in [5.74, 6) is 0.258. The summed E-state index contributed by atoms with van der Waals surface area (Å²) in [6.07, 6.45) is 10.1. The number of ether oxygens (including phenoxy) is 1. The molecule has 0 saturated carbocycles. The lowest BCUT2D eigenvalue weighted by atomic mass is 9.90. The zero-order valence-electron chi connectivity index (χ0n) is 18.5. The Bertz CT molecular complexity index is 945. The molecule has 3 atom stereocenters. The molecule has 33 heavy (non-hydrogen) atoms. The van der Waals surface area contributed by atoms with Crippen molar-refractivity contribution in [3.8, 4) is 0 Å². The molecule has 2 N–H and O–H groups in total. The Balaban J connectivity index is 1.26. The van der Waals surface area contributed by atoms with Crippen molar-refractivity contribution < 1.29 is 19.4 Å². The molecular weight excluding hydrogens is 420 g/mol. The van der Waals surface area contributed by atoms with Crippen molar-refractivity contribution in [2.45, 2.75) is 43.9 Å². The molecule has 1 fully saturated rings. The van der Waals surface area contributed by atoms with Gasteiger partial charge in [-0.25, -0.2) is 4.98 Å². The third-order valence-corrected chi connectivity index (χ3v) is 6.27. The number of likely N-dealkylation sites (tertiary alicyclic amines) is 1. The second-order valence-electron chi connectivity index (χ2n) is 8.59. The molecule has 8 nitrogen and oxygen atoms in total. The molecule has 1 saturated heterocycles. The van der Waals surface area contributed by atoms with Crippen molar-refractivity contribution in [3.63, 3.8) is 0 Å².